The van der Waals surface area contributed by atoms with Crippen molar-refractivity contribution in [1.29, 1.82) is 0 Å². The van der Waals surface area contributed by atoms with E-state index in [2.05, 4.69) is 20.9 Å². The van der Waals surface area contributed by atoms with Gasteiger partial charge in [-0.05, 0) is 30.7 Å². The number of carboxylic acid groups (broad SMARTS) is 2. The van der Waals surface area contributed by atoms with Crippen molar-refractivity contribution >= 4 is 35.6 Å². The number of carbonyl (C=O) groups excluding carboxylic acids is 3. The molecule has 0 aliphatic carbocycles. The van der Waals surface area contributed by atoms with Crippen molar-refractivity contribution < 1.29 is 34.2 Å². The van der Waals surface area contributed by atoms with Gasteiger partial charge in [-0.1, -0.05) is 50.6 Å². The number of amides is 3. The Morgan fingerprint density at radius 1 is 0.900 bits per heavy atom. The number of nitrogens with one attached hydrogen (secondary N) is 3. The zero-order valence-corrected chi connectivity index (χ0v) is 22.8. The van der Waals surface area contributed by atoms with Gasteiger partial charge in [0.05, 0.1) is 6.04 Å². The van der Waals surface area contributed by atoms with Gasteiger partial charge in [-0.25, -0.2) is 4.79 Å². The van der Waals surface area contributed by atoms with Crippen LogP contribution in [-0.2, 0) is 30.4 Å². The predicted octanol–water partition coefficient (Wildman–Crippen LogP) is -0.940. The number of aliphatic imine (C=N–C) groups is 1. The molecule has 14 heteroatoms. The summed E-state index contributed by atoms with van der Waals surface area (Å²) in [7, 11) is 0. The highest BCUT2D eigenvalue weighted by Crippen LogP contribution is 2.11. The SMILES string of the molecule is CCC(C)C(NC(=O)C(CCCN=C(N)N)NC(=O)C(N)CCC(=O)O)C(=O)NC(Cc1ccccc1)C(=O)O. The number of carbonyl (C=O) groups is 5. The molecule has 0 heterocycles. The van der Waals surface area contributed by atoms with Crippen molar-refractivity contribution in [2.45, 2.75) is 76.5 Å². The zero-order valence-electron chi connectivity index (χ0n) is 22.8. The number of nitrogens with zero attached hydrogens (tertiary/aromatic N) is 1. The Morgan fingerprint density at radius 2 is 1.52 bits per heavy atom. The molecule has 40 heavy (non-hydrogen) atoms. The van der Waals surface area contributed by atoms with Crippen LogP contribution in [0.4, 0.5) is 0 Å². The molecule has 0 aliphatic heterocycles. The number of aliphatic carboxylic acids is 2. The zero-order chi connectivity index (χ0) is 30.2. The summed E-state index contributed by atoms with van der Waals surface area (Å²) in [6.07, 6.45) is 0.427. The summed E-state index contributed by atoms with van der Waals surface area (Å²) in [4.78, 5) is 65.7. The van der Waals surface area contributed by atoms with E-state index in [1.54, 1.807) is 37.3 Å². The number of hydrogen-bond donors (Lipinski definition) is 8. The molecule has 0 bridgehead atoms. The van der Waals surface area contributed by atoms with E-state index in [4.69, 9.17) is 22.3 Å². The van der Waals surface area contributed by atoms with Crippen molar-refractivity contribution in [3.8, 4) is 0 Å². The van der Waals surface area contributed by atoms with Crippen molar-refractivity contribution in [2.75, 3.05) is 6.54 Å². The molecule has 1 rings (SSSR count). The Morgan fingerprint density at radius 3 is 2.08 bits per heavy atom. The number of rotatable bonds is 18. The van der Waals surface area contributed by atoms with Crippen LogP contribution in [0, 0.1) is 5.92 Å². The summed E-state index contributed by atoms with van der Waals surface area (Å²) >= 11 is 0. The molecule has 0 spiro atoms. The third-order valence-corrected chi connectivity index (χ3v) is 6.27. The second kappa shape index (κ2) is 17.4. The smallest absolute Gasteiger partial charge is 0.326 e. The lowest BCUT2D eigenvalue weighted by atomic mass is 9.96. The lowest BCUT2D eigenvalue weighted by Crippen LogP contribution is -2.58. The monoisotopic (exact) mass is 563 g/mol. The molecule has 11 N–H and O–H groups in total. The van der Waals surface area contributed by atoms with E-state index in [1.165, 1.54) is 0 Å². The minimum atomic E-state index is -1.24. The molecule has 5 unspecified atom stereocenters. The van der Waals surface area contributed by atoms with Crippen LogP contribution in [0.2, 0.25) is 0 Å². The first-order chi connectivity index (χ1) is 18.8. The number of guanidine groups is 1. The Kier molecular flexibility index (Phi) is 14.7. The van der Waals surface area contributed by atoms with Gasteiger partial charge in [0.15, 0.2) is 5.96 Å². The lowest BCUT2D eigenvalue weighted by molar-refractivity contribution is -0.142. The molecule has 0 radical (unpaired) electrons. The van der Waals surface area contributed by atoms with Gasteiger partial charge in [0.25, 0.3) is 0 Å². The average molecular weight is 564 g/mol. The molecular formula is C26H41N7O7. The van der Waals surface area contributed by atoms with Crippen LogP contribution in [0.25, 0.3) is 0 Å². The van der Waals surface area contributed by atoms with Gasteiger partial charge >= 0.3 is 11.9 Å². The summed E-state index contributed by atoms with van der Waals surface area (Å²) in [5.74, 6) is -4.99. The Bertz CT molecular complexity index is 1030. The molecule has 1 aromatic rings. The van der Waals surface area contributed by atoms with E-state index in [0.29, 0.717) is 18.4 Å². The summed E-state index contributed by atoms with van der Waals surface area (Å²) in [6.45, 7) is 3.71. The molecular weight excluding hydrogens is 522 g/mol. The number of hydrogen-bond acceptors (Lipinski definition) is 7. The van der Waals surface area contributed by atoms with Crippen molar-refractivity contribution in [3.63, 3.8) is 0 Å². The van der Waals surface area contributed by atoms with Crippen LogP contribution in [0.15, 0.2) is 35.3 Å². The molecule has 0 fully saturated rings. The fourth-order valence-corrected chi connectivity index (χ4v) is 3.73. The quantitative estimate of drug-likeness (QED) is 0.0618. The Hall–Kier alpha value is -4.20. The highest BCUT2D eigenvalue weighted by Gasteiger charge is 2.32. The second-order valence-electron chi connectivity index (χ2n) is 9.51. The standard InChI is InChI=1S/C26H41N7O7/c1-3-15(2)21(24(38)32-19(25(39)40)14-16-8-5-4-6-9-16)33-23(37)18(10-7-13-30-26(28)29)31-22(36)17(27)11-12-20(34)35/h4-6,8-9,15,17-19,21H,3,7,10-14,27H2,1-2H3,(H,31,36)(H,32,38)(H,33,37)(H,34,35)(H,39,40)(H4,28,29,30). The van der Waals surface area contributed by atoms with Crippen LogP contribution >= 0.6 is 0 Å². The predicted molar refractivity (Wildman–Crippen MR) is 148 cm³/mol. The first kappa shape index (κ1) is 33.8. The third kappa shape index (κ3) is 12.6. The first-order valence-electron chi connectivity index (χ1n) is 13.1. The molecule has 14 nitrogen and oxygen atoms in total. The van der Waals surface area contributed by atoms with Crippen LogP contribution in [0.5, 0.6) is 0 Å². The maximum absolute atomic E-state index is 13.3. The molecule has 0 saturated carbocycles. The summed E-state index contributed by atoms with van der Waals surface area (Å²) in [6, 6.07) is 4.13. The number of carboxylic acids is 2. The van der Waals surface area contributed by atoms with Crippen LogP contribution in [-0.4, -0.2) is 76.5 Å². The fourth-order valence-electron chi connectivity index (χ4n) is 3.73. The normalized spacial score (nSPS) is 14.5. The third-order valence-electron chi connectivity index (χ3n) is 6.27. The maximum atomic E-state index is 13.3. The minimum absolute atomic E-state index is 0.0425. The molecule has 5 atom stereocenters. The number of benzene rings is 1. The van der Waals surface area contributed by atoms with Gasteiger partial charge in [0, 0.05) is 19.4 Å². The molecule has 0 saturated heterocycles. The number of nitrogens with two attached hydrogens (primary N) is 3. The minimum Gasteiger partial charge on any atom is -0.481 e. The summed E-state index contributed by atoms with van der Waals surface area (Å²) < 4.78 is 0. The van der Waals surface area contributed by atoms with Gasteiger partial charge < -0.3 is 43.4 Å². The van der Waals surface area contributed by atoms with E-state index in [9.17, 15) is 29.1 Å². The highest BCUT2D eigenvalue weighted by molar-refractivity contribution is 5.94. The van der Waals surface area contributed by atoms with E-state index in [-0.39, 0.29) is 44.1 Å². The van der Waals surface area contributed by atoms with Crippen molar-refractivity contribution in [1.82, 2.24) is 16.0 Å². The second-order valence-corrected chi connectivity index (χ2v) is 9.51. The molecule has 222 valence electrons. The van der Waals surface area contributed by atoms with E-state index >= 15 is 0 Å². The van der Waals surface area contributed by atoms with Gasteiger partial charge in [-0.15, -0.1) is 0 Å². The largest absolute Gasteiger partial charge is 0.481 e. The van der Waals surface area contributed by atoms with Gasteiger partial charge in [0.1, 0.15) is 18.1 Å². The van der Waals surface area contributed by atoms with E-state index in [1.807, 2.05) is 6.92 Å². The Labute approximate surface area is 233 Å². The van der Waals surface area contributed by atoms with Crippen LogP contribution < -0.4 is 33.2 Å². The molecule has 0 aliphatic rings. The van der Waals surface area contributed by atoms with Crippen molar-refractivity contribution in [2.24, 2.45) is 28.1 Å². The molecule has 0 aromatic heterocycles. The topological polar surface area (TPSA) is 252 Å². The van der Waals surface area contributed by atoms with Crippen LogP contribution in [0.1, 0.15) is 51.5 Å². The Balaban J connectivity index is 3.06. The van der Waals surface area contributed by atoms with Gasteiger partial charge in [-0.2, -0.15) is 0 Å². The molecule has 1 aromatic carbocycles. The first-order valence-corrected chi connectivity index (χ1v) is 13.1. The highest BCUT2D eigenvalue weighted by atomic mass is 16.4. The molecule has 3 amide bonds. The fraction of sp³-hybridized carbons (Fsp3) is 0.538. The summed E-state index contributed by atoms with van der Waals surface area (Å²) in [5.41, 5.74) is 17.2. The van der Waals surface area contributed by atoms with Crippen LogP contribution in [0.3, 0.4) is 0 Å². The van der Waals surface area contributed by atoms with Gasteiger partial charge in [0.2, 0.25) is 17.7 Å². The maximum Gasteiger partial charge on any atom is 0.326 e. The lowest BCUT2D eigenvalue weighted by Gasteiger charge is -2.28. The van der Waals surface area contributed by atoms with Crippen molar-refractivity contribution in [3.05, 3.63) is 35.9 Å². The van der Waals surface area contributed by atoms with E-state index in [0.717, 1.165) is 0 Å². The van der Waals surface area contributed by atoms with Gasteiger partial charge in [-0.3, -0.25) is 24.2 Å². The van der Waals surface area contributed by atoms with E-state index < -0.39 is 53.8 Å². The average Bonchev–Trinajstić information content (AvgIpc) is 2.91. The summed E-state index contributed by atoms with van der Waals surface area (Å²) in [5, 5.41) is 26.2.